The fraction of sp³-hybridized carbons (Fsp3) is 0.231. The van der Waals surface area contributed by atoms with Crippen molar-refractivity contribution in [2.75, 3.05) is 25.3 Å². The van der Waals surface area contributed by atoms with Gasteiger partial charge >= 0.3 is 0 Å². The van der Waals surface area contributed by atoms with Crippen molar-refractivity contribution in [2.24, 2.45) is 0 Å². The molecular weight excluding hydrogens is 242 g/mol. The van der Waals surface area contributed by atoms with Crippen LogP contribution in [0, 0.1) is 6.92 Å². The van der Waals surface area contributed by atoms with Crippen LogP contribution in [0.3, 0.4) is 0 Å². The number of ether oxygens (including phenoxy) is 1. The molecule has 0 spiro atoms. The van der Waals surface area contributed by atoms with Gasteiger partial charge in [0, 0.05) is 14.1 Å². The van der Waals surface area contributed by atoms with E-state index in [2.05, 4.69) is 15.4 Å². The van der Waals surface area contributed by atoms with Gasteiger partial charge in [0.15, 0.2) is 5.82 Å². The first-order valence-corrected chi connectivity index (χ1v) is 5.85. The maximum absolute atomic E-state index is 5.97. The van der Waals surface area contributed by atoms with Gasteiger partial charge in [-0.15, -0.1) is 0 Å². The average molecular weight is 259 g/mol. The van der Waals surface area contributed by atoms with Crippen LogP contribution in [0.1, 0.15) is 5.56 Å². The van der Waals surface area contributed by atoms with Gasteiger partial charge in [-0.25, -0.2) is 9.99 Å². The second-order valence-corrected chi connectivity index (χ2v) is 4.36. The lowest BCUT2D eigenvalue weighted by molar-refractivity contribution is 0.461. The molecule has 6 nitrogen and oxygen atoms in total. The Hall–Kier alpha value is -2.34. The van der Waals surface area contributed by atoms with Crippen molar-refractivity contribution in [1.29, 1.82) is 0 Å². The summed E-state index contributed by atoms with van der Waals surface area (Å²) in [5.74, 6) is 1.54. The number of nitrogens with one attached hydrogen (secondary N) is 1. The van der Waals surface area contributed by atoms with E-state index >= 15 is 0 Å². The fourth-order valence-corrected chi connectivity index (χ4v) is 1.48. The maximum atomic E-state index is 5.97. The van der Waals surface area contributed by atoms with E-state index in [1.54, 1.807) is 5.01 Å². The summed E-state index contributed by atoms with van der Waals surface area (Å²) in [5.41, 5.74) is 10.5. The lowest BCUT2D eigenvalue weighted by atomic mass is 10.2. The Morgan fingerprint density at radius 1 is 1.16 bits per heavy atom. The predicted molar refractivity (Wildman–Crippen MR) is 75.0 cm³/mol. The molecule has 1 aromatic carbocycles. The summed E-state index contributed by atoms with van der Waals surface area (Å²) in [7, 11) is 3.70. The van der Waals surface area contributed by atoms with E-state index in [0.29, 0.717) is 23.1 Å². The highest BCUT2D eigenvalue weighted by Gasteiger charge is 2.10. The van der Waals surface area contributed by atoms with Crippen LogP contribution in [0.4, 0.5) is 11.5 Å². The molecule has 1 aromatic heterocycles. The Labute approximate surface area is 112 Å². The minimum Gasteiger partial charge on any atom is -0.437 e. The van der Waals surface area contributed by atoms with Gasteiger partial charge in [0.2, 0.25) is 5.88 Å². The molecule has 0 saturated heterocycles. The molecule has 2 aromatic rings. The highest BCUT2D eigenvalue weighted by atomic mass is 16.5. The molecule has 0 aliphatic rings. The van der Waals surface area contributed by atoms with Crippen molar-refractivity contribution in [3.63, 3.8) is 0 Å². The van der Waals surface area contributed by atoms with E-state index in [1.165, 1.54) is 6.33 Å². The Bertz CT molecular complexity index is 553. The molecule has 0 aliphatic heterocycles. The summed E-state index contributed by atoms with van der Waals surface area (Å²) in [6.45, 7) is 2.02. The summed E-state index contributed by atoms with van der Waals surface area (Å²) < 4.78 is 5.65. The van der Waals surface area contributed by atoms with Gasteiger partial charge in [-0.3, -0.25) is 0 Å². The van der Waals surface area contributed by atoms with Gasteiger partial charge in [0.1, 0.15) is 17.8 Å². The monoisotopic (exact) mass is 259 g/mol. The van der Waals surface area contributed by atoms with Crippen LogP contribution >= 0.6 is 0 Å². The minimum atomic E-state index is 0.336. The molecule has 100 valence electrons. The zero-order valence-corrected chi connectivity index (χ0v) is 11.2. The molecule has 3 N–H and O–H groups in total. The first kappa shape index (κ1) is 13.1. The van der Waals surface area contributed by atoms with E-state index < -0.39 is 0 Å². The predicted octanol–water partition coefficient (Wildman–Crippen LogP) is 2.05. The van der Waals surface area contributed by atoms with Crippen LogP contribution in [0.2, 0.25) is 0 Å². The lowest BCUT2D eigenvalue weighted by Gasteiger charge is -2.15. The topological polar surface area (TPSA) is 76.3 Å². The SMILES string of the molecule is Cc1ccc(Oc2ncnc(NN(C)C)c2N)cc1. The van der Waals surface area contributed by atoms with Crippen molar-refractivity contribution in [1.82, 2.24) is 15.0 Å². The van der Waals surface area contributed by atoms with Gasteiger partial charge in [0.25, 0.3) is 0 Å². The number of hydrogen-bond acceptors (Lipinski definition) is 6. The fourth-order valence-electron chi connectivity index (χ4n) is 1.48. The van der Waals surface area contributed by atoms with Crippen molar-refractivity contribution in [3.8, 4) is 11.6 Å². The van der Waals surface area contributed by atoms with Crippen molar-refractivity contribution in [2.45, 2.75) is 6.92 Å². The highest BCUT2D eigenvalue weighted by Crippen LogP contribution is 2.29. The highest BCUT2D eigenvalue weighted by molar-refractivity contribution is 5.66. The molecule has 0 saturated carbocycles. The molecule has 1 heterocycles. The molecule has 0 radical (unpaired) electrons. The van der Waals surface area contributed by atoms with E-state index in [-0.39, 0.29) is 0 Å². The van der Waals surface area contributed by atoms with Gasteiger partial charge in [-0.05, 0) is 19.1 Å². The first-order valence-electron chi connectivity index (χ1n) is 5.85. The molecule has 0 bridgehead atoms. The molecule has 19 heavy (non-hydrogen) atoms. The lowest BCUT2D eigenvalue weighted by Crippen LogP contribution is -2.21. The summed E-state index contributed by atoms with van der Waals surface area (Å²) in [6.07, 6.45) is 1.41. The number of rotatable bonds is 4. The van der Waals surface area contributed by atoms with Crippen molar-refractivity contribution in [3.05, 3.63) is 36.2 Å². The van der Waals surface area contributed by atoms with Gasteiger partial charge in [-0.2, -0.15) is 4.98 Å². The van der Waals surface area contributed by atoms with Crippen molar-refractivity contribution >= 4 is 11.5 Å². The van der Waals surface area contributed by atoms with Crippen LogP contribution in [0.25, 0.3) is 0 Å². The molecule has 6 heteroatoms. The summed E-state index contributed by atoms with van der Waals surface area (Å²) in [6, 6.07) is 7.67. The Kier molecular flexibility index (Phi) is 3.82. The standard InChI is InChI=1S/C13H17N5O/c1-9-4-6-10(7-5-9)19-13-11(14)12(15-8-16-13)17-18(2)3/h4-8H,14H2,1-3H3,(H,15,16,17). The third kappa shape index (κ3) is 3.32. The smallest absolute Gasteiger partial charge is 0.248 e. The molecule has 0 fully saturated rings. The quantitative estimate of drug-likeness (QED) is 0.818. The number of aromatic nitrogens is 2. The summed E-state index contributed by atoms with van der Waals surface area (Å²) in [4.78, 5) is 8.11. The van der Waals surface area contributed by atoms with Crippen LogP contribution in [0.5, 0.6) is 11.6 Å². The van der Waals surface area contributed by atoms with E-state index in [4.69, 9.17) is 10.5 Å². The van der Waals surface area contributed by atoms with Gasteiger partial charge < -0.3 is 15.9 Å². The number of hydrogen-bond donors (Lipinski definition) is 2. The number of aryl methyl sites for hydroxylation is 1. The molecule has 0 amide bonds. The number of hydrazine groups is 1. The van der Waals surface area contributed by atoms with Crippen LogP contribution in [0.15, 0.2) is 30.6 Å². The number of benzene rings is 1. The Morgan fingerprint density at radius 3 is 2.47 bits per heavy atom. The first-order chi connectivity index (χ1) is 9.06. The van der Waals surface area contributed by atoms with Crippen LogP contribution in [-0.4, -0.2) is 29.1 Å². The second-order valence-electron chi connectivity index (χ2n) is 4.36. The number of nitrogen functional groups attached to an aromatic ring is 1. The molecule has 0 unspecified atom stereocenters. The number of nitrogens with two attached hydrogens (primary N) is 1. The molecule has 2 rings (SSSR count). The zero-order valence-electron chi connectivity index (χ0n) is 11.2. The zero-order chi connectivity index (χ0) is 13.8. The second kappa shape index (κ2) is 5.53. The average Bonchev–Trinajstić information content (AvgIpc) is 2.36. The number of anilines is 2. The normalized spacial score (nSPS) is 10.5. The summed E-state index contributed by atoms with van der Waals surface area (Å²) >= 11 is 0. The molecular formula is C13H17N5O. The van der Waals surface area contributed by atoms with Crippen LogP contribution < -0.4 is 15.9 Å². The molecule has 0 aliphatic carbocycles. The van der Waals surface area contributed by atoms with E-state index in [0.717, 1.165) is 5.56 Å². The van der Waals surface area contributed by atoms with Gasteiger partial charge in [-0.1, -0.05) is 17.7 Å². The number of nitrogens with zero attached hydrogens (tertiary/aromatic N) is 3. The van der Waals surface area contributed by atoms with Gasteiger partial charge in [0.05, 0.1) is 0 Å². The third-order valence-corrected chi connectivity index (χ3v) is 2.41. The maximum Gasteiger partial charge on any atom is 0.248 e. The van der Waals surface area contributed by atoms with E-state index in [9.17, 15) is 0 Å². The third-order valence-electron chi connectivity index (χ3n) is 2.41. The largest absolute Gasteiger partial charge is 0.437 e. The Balaban J connectivity index is 2.23. The Morgan fingerprint density at radius 2 is 1.84 bits per heavy atom. The minimum absolute atomic E-state index is 0.336. The molecule has 0 atom stereocenters. The van der Waals surface area contributed by atoms with Crippen molar-refractivity contribution < 1.29 is 4.74 Å². The van der Waals surface area contributed by atoms with E-state index in [1.807, 2.05) is 45.3 Å². The van der Waals surface area contributed by atoms with Crippen LogP contribution in [-0.2, 0) is 0 Å². The summed E-state index contributed by atoms with van der Waals surface area (Å²) in [5, 5.41) is 1.74.